The van der Waals surface area contributed by atoms with E-state index in [2.05, 4.69) is 10.1 Å². The molecule has 15 heavy (non-hydrogen) atoms. The van der Waals surface area contributed by atoms with Crippen LogP contribution in [0.15, 0.2) is 0 Å². The lowest BCUT2D eigenvalue weighted by Crippen LogP contribution is -2.26. The molecule has 0 aliphatic rings. The number of ether oxygens (including phenoxy) is 1. The number of carbonyl (C=O) groups excluding carboxylic acids is 2. The molecule has 0 fully saturated rings. The number of esters is 1. The second-order valence-corrected chi connectivity index (χ2v) is 4.26. The second-order valence-electron chi connectivity index (χ2n) is 2.84. The highest BCUT2D eigenvalue weighted by molar-refractivity contribution is 8.00. The maximum absolute atomic E-state index is 11.1. The Morgan fingerprint density at radius 1 is 1.60 bits per heavy atom. The Balaban J connectivity index is 3.62. The van der Waals surface area contributed by atoms with Gasteiger partial charge in [0.2, 0.25) is 5.91 Å². The van der Waals surface area contributed by atoms with Crippen LogP contribution in [0.3, 0.4) is 0 Å². The van der Waals surface area contributed by atoms with Crippen molar-refractivity contribution in [1.82, 2.24) is 5.32 Å². The lowest BCUT2D eigenvalue weighted by Gasteiger charge is -2.08. The highest BCUT2D eigenvalue weighted by Gasteiger charge is 2.11. The van der Waals surface area contributed by atoms with Gasteiger partial charge in [-0.25, -0.2) is 0 Å². The van der Waals surface area contributed by atoms with Crippen LogP contribution < -0.4 is 5.32 Å². The van der Waals surface area contributed by atoms with Crippen molar-refractivity contribution < 1.29 is 14.3 Å². The summed E-state index contributed by atoms with van der Waals surface area (Å²) in [6.45, 7) is 1.87. The summed E-state index contributed by atoms with van der Waals surface area (Å²) >= 11 is 1.36. The van der Waals surface area contributed by atoms with Crippen molar-refractivity contribution in [2.45, 2.75) is 18.6 Å². The maximum Gasteiger partial charge on any atom is 0.306 e. The number of rotatable bonds is 6. The van der Waals surface area contributed by atoms with Crippen LogP contribution in [0.25, 0.3) is 0 Å². The van der Waals surface area contributed by atoms with Crippen LogP contribution >= 0.6 is 11.8 Å². The quantitative estimate of drug-likeness (QED) is 0.525. The number of hydrogen-bond acceptors (Lipinski definition) is 5. The number of hydrogen-bond donors (Lipinski definition) is 1. The summed E-state index contributed by atoms with van der Waals surface area (Å²) in [5, 5.41) is 10.7. The van der Waals surface area contributed by atoms with Gasteiger partial charge >= 0.3 is 5.97 Å². The second kappa shape index (κ2) is 8.12. The Bertz CT molecular complexity index is 263. The van der Waals surface area contributed by atoms with Crippen LogP contribution in [0.1, 0.15) is 13.3 Å². The molecule has 6 heteroatoms. The van der Waals surface area contributed by atoms with Crippen LogP contribution in [0.5, 0.6) is 0 Å². The average Bonchev–Trinajstić information content (AvgIpc) is 2.23. The monoisotopic (exact) mass is 230 g/mol. The number of nitrogens with zero attached hydrogens (tertiary/aromatic N) is 1. The van der Waals surface area contributed by atoms with Crippen LogP contribution in [0.4, 0.5) is 0 Å². The minimum absolute atomic E-state index is 0.0186. The molecular formula is C9H14N2O3S. The van der Waals surface area contributed by atoms with Gasteiger partial charge in [-0.05, 0) is 0 Å². The van der Waals surface area contributed by atoms with Crippen molar-refractivity contribution in [2.75, 3.05) is 19.4 Å². The van der Waals surface area contributed by atoms with Gasteiger partial charge in [0.25, 0.3) is 0 Å². The van der Waals surface area contributed by atoms with Gasteiger partial charge in [0, 0.05) is 5.25 Å². The molecule has 0 saturated carbocycles. The molecule has 0 aromatic heterocycles. The standard InChI is InChI=1S/C9H14N2O3S/c1-7(5-9(13)14-2)15-6-8(12)11-4-3-10/h7H,4-6H2,1-2H3,(H,11,12). The van der Waals surface area contributed by atoms with Gasteiger partial charge in [0.05, 0.1) is 25.4 Å². The Labute approximate surface area is 93.2 Å². The van der Waals surface area contributed by atoms with Crippen molar-refractivity contribution >= 4 is 23.6 Å². The van der Waals surface area contributed by atoms with Crippen molar-refractivity contribution in [1.29, 1.82) is 5.26 Å². The molecule has 0 radical (unpaired) electrons. The predicted molar refractivity (Wildman–Crippen MR) is 57.2 cm³/mol. The first kappa shape index (κ1) is 13.8. The summed E-state index contributed by atoms with van der Waals surface area (Å²) in [5.74, 6) is -0.231. The lowest BCUT2D eigenvalue weighted by molar-refractivity contribution is -0.140. The van der Waals surface area contributed by atoms with E-state index >= 15 is 0 Å². The molecule has 1 N–H and O–H groups in total. The number of nitrogens with one attached hydrogen (secondary N) is 1. The fourth-order valence-electron chi connectivity index (χ4n) is 0.784. The van der Waals surface area contributed by atoms with E-state index in [1.54, 1.807) is 0 Å². The van der Waals surface area contributed by atoms with Gasteiger partial charge in [-0.2, -0.15) is 5.26 Å². The molecule has 0 saturated heterocycles. The van der Waals surface area contributed by atoms with Crippen molar-refractivity contribution in [3.63, 3.8) is 0 Å². The zero-order chi connectivity index (χ0) is 11.7. The van der Waals surface area contributed by atoms with Crippen LogP contribution in [-0.2, 0) is 14.3 Å². The fourth-order valence-corrected chi connectivity index (χ4v) is 1.58. The molecule has 0 aliphatic carbocycles. The molecule has 0 aromatic carbocycles. The van der Waals surface area contributed by atoms with E-state index in [0.29, 0.717) is 0 Å². The molecule has 1 amide bonds. The zero-order valence-corrected chi connectivity index (χ0v) is 9.60. The van der Waals surface area contributed by atoms with E-state index in [0.717, 1.165) is 0 Å². The lowest BCUT2D eigenvalue weighted by atomic mass is 10.3. The van der Waals surface area contributed by atoms with E-state index in [-0.39, 0.29) is 35.8 Å². The molecule has 0 heterocycles. The third kappa shape index (κ3) is 7.82. The highest BCUT2D eigenvalue weighted by atomic mass is 32.2. The number of amides is 1. The topological polar surface area (TPSA) is 79.2 Å². The van der Waals surface area contributed by atoms with Crippen LogP contribution in [0, 0.1) is 11.3 Å². The largest absolute Gasteiger partial charge is 0.469 e. The van der Waals surface area contributed by atoms with Crippen molar-refractivity contribution in [3.8, 4) is 6.07 Å². The van der Waals surface area contributed by atoms with E-state index in [9.17, 15) is 9.59 Å². The van der Waals surface area contributed by atoms with Gasteiger partial charge in [-0.15, -0.1) is 11.8 Å². The molecule has 0 rings (SSSR count). The molecule has 0 spiro atoms. The van der Waals surface area contributed by atoms with Gasteiger partial charge in [-0.1, -0.05) is 6.92 Å². The zero-order valence-electron chi connectivity index (χ0n) is 8.78. The Hall–Kier alpha value is -1.22. The third-order valence-electron chi connectivity index (χ3n) is 1.55. The smallest absolute Gasteiger partial charge is 0.306 e. The van der Waals surface area contributed by atoms with Gasteiger partial charge < -0.3 is 10.1 Å². The number of thioether (sulfide) groups is 1. The van der Waals surface area contributed by atoms with Crippen molar-refractivity contribution in [2.24, 2.45) is 0 Å². The first-order valence-electron chi connectivity index (χ1n) is 4.42. The first-order chi connectivity index (χ1) is 7.10. The SMILES string of the molecule is COC(=O)CC(C)SCC(=O)NCC#N. The third-order valence-corrected chi connectivity index (χ3v) is 2.71. The molecule has 5 nitrogen and oxygen atoms in total. The maximum atomic E-state index is 11.1. The minimum atomic E-state index is -0.285. The Morgan fingerprint density at radius 3 is 2.80 bits per heavy atom. The molecular weight excluding hydrogens is 216 g/mol. The minimum Gasteiger partial charge on any atom is -0.469 e. The van der Waals surface area contributed by atoms with Crippen LogP contribution in [0.2, 0.25) is 0 Å². The van der Waals surface area contributed by atoms with E-state index in [1.807, 2.05) is 13.0 Å². The summed E-state index contributed by atoms with van der Waals surface area (Å²) < 4.78 is 4.50. The molecule has 1 unspecified atom stereocenters. The normalized spacial score (nSPS) is 11.3. The van der Waals surface area contributed by atoms with Crippen molar-refractivity contribution in [3.05, 3.63) is 0 Å². The Kier molecular flexibility index (Phi) is 7.46. The van der Waals surface area contributed by atoms with E-state index < -0.39 is 0 Å². The summed E-state index contributed by atoms with van der Waals surface area (Å²) in [5.41, 5.74) is 0. The predicted octanol–water partition coefficient (Wildman–Crippen LogP) is 0.311. The van der Waals surface area contributed by atoms with Gasteiger partial charge in [0.15, 0.2) is 0 Å². The summed E-state index contributed by atoms with van der Waals surface area (Å²) in [7, 11) is 1.33. The summed E-state index contributed by atoms with van der Waals surface area (Å²) in [6, 6.07) is 1.81. The number of methoxy groups -OCH3 is 1. The molecule has 1 atom stereocenters. The summed E-state index contributed by atoms with van der Waals surface area (Å²) in [6.07, 6.45) is 0.284. The molecule has 0 aromatic rings. The number of nitriles is 1. The van der Waals surface area contributed by atoms with E-state index in [1.165, 1.54) is 18.9 Å². The molecule has 0 aliphatic heterocycles. The number of carbonyl (C=O) groups is 2. The Morgan fingerprint density at radius 2 is 2.27 bits per heavy atom. The molecule has 0 bridgehead atoms. The molecule has 84 valence electrons. The van der Waals surface area contributed by atoms with Crippen LogP contribution in [-0.4, -0.2) is 36.5 Å². The average molecular weight is 230 g/mol. The fraction of sp³-hybridized carbons (Fsp3) is 0.667. The van der Waals surface area contributed by atoms with Gasteiger partial charge in [0.1, 0.15) is 6.54 Å². The first-order valence-corrected chi connectivity index (χ1v) is 5.47. The summed E-state index contributed by atoms with van der Waals surface area (Å²) in [4.78, 5) is 21.9. The van der Waals surface area contributed by atoms with Gasteiger partial charge in [-0.3, -0.25) is 9.59 Å². The highest BCUT2D eigenvalue weighted by Crippen LogP contribution is 2.13. The van der Waals surface area contributed by atoms with E-state index in [4.69, 9.17) is 5.26 Å².